The van der Waals surface area contributed by atoms with Gasteiger partial charge in [-0.15, -0.1) is 0 Å². The van der Waals surface area contributed by atoms with Gasteiger partial charge in [0.05, 0.1) is 18.3 Å². The minimum Gasteiger partial charge on any atom is -0.497 e. The summed E-state index contributed by atoms with van der Waals surface area (Å²) in [6.07, 6.45) is -3.23. The molecule has 0 atom stereocenters. The molecule has 0 aliphatic rings. The number of nitrogens with zero attached hydrogens (tertiary/aromatic N) is 2. The van der Waals surface area contributed by atoms with Crippen LogP contribution in [0.3, 0.4) is 0 Å². The summed E-state index contributed by atoms with van der Waals surface area (Å²) in [4.78, 5) is 4.12. The number of methoxy groups -OCH3 is 1. The van der Waals surface area contributed by atoms with Crippen molar-refractivity contribution in [3.05, 3.63) is 54.5 Å². The monoisotopic (exact) mass is 292 g/mol. The fourth-order valence-corrected chi connectivity index (χ4v) is 2.22. The van der Waals surface area contributed by atoms with Gasteiger partial charge in [-0.3, -0.25) is 4.40 Å². The summed E-state index contributed by atoms with van der Waals surface area (Å²) in [5.74, 6) is 0.679. The molecule has 0 saturated heterocycles. The number of benzene rings is 1. The number of alkyl halides is 3. The normalized spacial score (nSPS) is 11.8. The molecule has 3 aromatic rings. The summed E-state index contributed by atoms with van der Waals surface area (Å²) >= 11 is 0. The molecule has 0 unspecified atom stereocenters. The number of halogens is 3. The molecule has 6 heteroatoms. The smallest absolute Gasteiger partial charge is 0.431 e. The van der Waals surface area contributed by atoms with Gasteiger partial charge in [0.2, 0.25) is 0 Å². The van der Waals surface area contributed by atoms with Crippen molar-refractivity contribution in [3.8, 4) is 17.0 Å². The van der Waals surface area contributed by atoms with Crippen LogP contribution in [0.5, 0.6) is 5.75 Å². The molecule has 0 amide bonds. The van der Waals surface area contributed by atoms with Gasteiger partial charge in [0.15, 0.2) is 0 Å². The lowest BCUT2D eigenvalue weighted by molar-refractivity contribution is -0.142. The maximum Gasteiger partial charge on any atom is 0.431 e. The zero-order valence-electron chi connectivity index (χ0n) is 11.1. The number of aromatic nitrogens is 2. The molecule has 0 spiro atoms. The fourth-order valence-electron chi connectivity index (χ4n) is 2.22. The maximum absolute atomic E-state index is 13.0. The molecule has 21 heavy (non-hydrogen) atoms. The van der Waals surface area contributed by atoms with E-state index in [1.165, 1.54) is 12.4 Å². The van der Waals surface area contributed by atoms with Gasteiger partial charge >= 0.3 is 6.18 Å². The van der Waals surface area contributed by atoms with Crippen molar-refractivity contribution in [1.82, 2.24) is 9.38 Å². The molecule has 0 aliphatic heterocycles. The van der Waals surface area contributed by atoms with Gasteiger partial charge in [0.1, 0.15) is 17.8 Å². The van der Waals surface area contributed by atoms with Crippen LogP contribution in [0.2, 0.25) is 0 Å². The molecule has 1 aromatic carbocycles. The van der Waals surface area contributed by atoms with Crippen molar-refractivity contribution in [2.75, 3.05) is 7.11 Å². The van der Waals surface area contributed by atoms with Crippen LogP contribution < -0.4 is 4.74 Å². The molecular formula is C15H11F3N2O. The van der Waals surface area contributed by atoms with Crippen molar-refractivity contribution in [2.24, 2.45) is 0 Å². The number of pyridine rings is 1. The predicted octanol–water partition coefficient (Wildman–Crippen LogP) is 4.03. The number of imidazole rings is 1. The zero-order valence-corrected chi connectivity index (χ0v) is 11.1. The Hall–Kier alpha value is -2.50. The Balaban J connectivity index is 2.16. The largest absolute Gasteiger partial charge is 0.497 e. The summed E-state index contributed by atoms with van der Waals surface area (Å²) in [5.41, 5.74) is 0.906. The van der Waals surface area contributed by atoms with E-state index in [2.05, 4.69) is 4.98 Å². The summed E-state index contributed by atoms with van der Waals surface area (Å²) < 4.78 is 45.0. The topological polar surface area (TPSA) is 26.5 Å². The van der Waals surface area contributed by atoms with Gasteiger partial charge in [-0.2, -0.15) is 13.2 Å². The Morgan fingerprint density at radius 3 is 2.38 bits per heavy atom. The molecule has 0 bridgehead atoms. The Labute approximate surface area is 118 Å². The first-order valence-corrected chi connectivity index (χ1v) is 6.18. The van der Waals surface area contributed by atoms with Crippen LogP contribution in [0.25, 0.3) is 16.8 Å². The number of hydrogen-bond donors (Lipinski definition) is 0. The van der Waals surface area contributed by atoms with Gasteiger partial charge in [-0.05, 0) is 36.4 Å². The van der Waals surface area contributed by atoms with E-state index >= 15 is 0 Å². The van der Waals surface area contributed by atoms with Crippen LogP contribution in [0.4, 0.5) is 13.2 Å². The van der Waals surface area contributed by atoms with Crippen LogP contribution in [0, 0.1) is 0 Å². The number of rotatable bonds is 2. The van der Waals surface area contributed by atoms with Gasteiger partial charge in [-0.25, -0.2) is 4.98 Å². The van der Waals surface area contributed by atoms with Gasteiger partial charge in [0.25, 0.3) is 0 Å². The third kappa shape index (κ3) is 2.33. The van der Waals surface area contributed by atoms with Crippen molar-refractivity contribution >= 4 is 5.52 Å². The van der Waals surface area contributed by atoms with Crippen LogP contribution >= 0.6 is 0 Å². The first kappa shape index (κ1) is 13.5. The summed E-state index contributed by atoms with van der Waals surface area (Å²) in [6, 6.07) is 11.0. The third-order valence-corrected chi connectivity index (χ3v) is 3.23. The molecular weight excluding hydrogens is 281 g/mol. The summed E-state index contributed by atoms with van der Waals surface area (Å²) in [6.45, 7) is 0. The molecule has 108 valence electrons. The van der Waals surface area contributed by atoms with Crippen LogP contribution in [0.15, 0.2) is 48.8 Å². The Morgan fingerprint density at radius 1 is 1.05 bits per heavy atom. The highest BCUT2D eigenvalue weighted by atomic mass is 19.4. The van der Waals surface area contributed by atoms with Gasteiger partial charge in [-0.1, -0.05) is 6.07 Å². The SMILES string of the molecule is COc1ccc(-c2ncn3c(C(F)(F)F)cccc23)cc1. The number of hydrogen-bond acceptors (Lipinski definition) is 2. The first-order chi connectivity index (χ1) is 10.0. The lowest BCUT2D eigenvalue weighted by atomic mass is 10.1. The number of fused-ring (bicyclic) bond motifs is 1. The molecule has 0 N–H and O–H groups in total. The van der Waals surface area contributed by atoms with Gasteiger partial charge in [0, 0.05) is 5.56 Å². The van der Waals surface area contributed by atoms with Crippen LogP contribution in [-0.4, -0.2) is 16.5 Å². The third-order valence-electron chi connectivity index (χ3n) is 3.23. The zero-order chi connectivity index (χ0) is 15.0. The number of ether oxygens (including phenoxy) is 1. The molecule has 2 heterocycles. The van der Waals surface area contributed by atoms with Crippen molar-refractivity contribution in [1.29, 1.82) is 0 Å². The Kier molecular flexibility index (Phi) is 3.08. The van der Waals surface area contributed by atoms with Crippen molar-refractivity contribution in [2.45, 2.75) is 6.18 Å². The summed E-state index contributed by atoms with van der Waals surface area (Å²) in [7, 11) is 1.55. The van der Waals surface area contributed by atoms with E-state index in [0.29, 0.717) is 17.0 Å². The highest BCUT2D eigenvalue weighted by Crippen LogP contribution is 2.32. The standard InChI is InChI=1S/C15H11F3N2O/c1-21-11-7-5-10(6-8-11)14-12-3-2-4-13(15(16,17)18)20(12)9-19-14/h2-9H,1H3. The molecule has 0 aliphatic carbocycles. The minimum absolute atomic E-state index is 0.412. The molecule has 3 rings (SSSR count). The van der Waals surface area contributed by atoms with E-state index in [4.69, 9.17) is 4.74 Å². The first-order valence-electron chi connectivity index (χ1n) is 6.18. The van der Waals surface area contributed by atoms with E-state index < -0.39 is 11.9 Å². The highest BCUT2D eigenvalue weighted by molar-refractivity contribution is 5.77. The van der Waals surface area contributed by atoms with Crippen molar-refractivity contribution < 1.29 is 17.9 Å². The van der Waals surface area contributed by atoms with Gasteiger partial charge < -0.3 is 4.74 Å². The fraction of sp³-hybridized carbons (Fsp3) is 0.133. The van der Waals surface area contributed by atoms with E-state index in [1.54, 1.807) is 37.4 Å². The summed E-state index contributed by atoms with van der Waals surface area (Å²) in [5, 5.41) is 0. The quantitative estimate of drug-likeness (QED) is 0.713. The van der Waals surface area contributed by atoms with Crippen LogP contribution in [0.1, 0.15) is 5.69 Å². The highest BCUT2D eigenvalue weighted by Gasteiger charge is 2.33. The second-order valence-electron chi connectivity index (χ2n) is 4.49. The second-order valence-corrected chi connectivity index (χ2v) is 4.49. The molecule has 0 radical (unpaired) electrons. The lowest BCUT2D eigenvalue weighted by Gasteiger charge is -2.09. The molecule has 2 aromatic heterocycles. The molecule has 0 fully saturated rings. The van der Waals surface area contributed by atoms with Crippen molar-refractivity contribution in [3.63, 3.8) is 0 Å². The maximum atomic E-state index is 13.0. The Bertz CT molecular complexity index is 776. The average molecular weight is 292 g/mol. The van der Waals surface area contributed by atoms with Crippen LogP contribution in [-0.2, 0) is 6.18 Å². The molecule has 0 saturated carbocycles. The predicted molar refractivity (Wildman–Crippen MR) is 72.2 cm³/mol. The average Bonchev–Trinajstić information content (AvgIpc) is 2.90. The lowest BCUT2D eigenvalue weighted by Crippen LogP contribution is -2.10. The Morgan fingerprint density at radius 2 is 1.76 bits per heavy atom. The van der Waals surface area contributed by atoms with E-state index in [-0.39, 0.29) is 0 Å². The van der Waals surface area contributed by atoms with E-state index in [0.717, 1.165) is 16.0 Å². The minimum atomic E-state index is -4.42. The second kappa shape index (κ2) is 4.80. The van der Waals surface area contributed by atoms with E-state index in [9.17, 15) is 13.2 Å². The van der Waals surface area contributed by atoms with E-state index in [1.807, 2.05) is 0 Å². The molecule has 3 nitrogen and oxygen atoms in total.